The predicted octanol–water partition coefficient (Wildman–Crippen LogP) is 4.04. The molecule has 186 valence electrons. The minimum atomic E-state index is -1.26. The van der Waals surface area contributed by atoms with Crippen LogP contribution in [0, 0.1) is 6.92 Å². The highest BCUT2D eigenvalue weighted by Gasteiger charge is 2.54. The highest BCUT2D eigenvalue weighted by atomic mass is 28.3. The molecular weight excluding hydrogens is 449 g/mol. The molecule has 0 amide bonds. The van der Waals surface area contributed by atoms with Crippen LogP contribution in [0.15, 0.2) is 18.2 Å². The third kappa shape index (κ3) is 5.79. The molecular formula is C24H38BN3O5Si. The second kappa shape index (κ2) is 9.93. The van der Waals surface area contributed by atoms with Crippen LogP contribution in [0.2, 0.25) is 25.7 Å². The lowest BCUT2D eigenvalue weighted by molar-refractivity contribution is 0.00578. The van der Waals surface area contributed by atoms with Gasteiger partial charge in [0.2, 0.25) is 0 Å². The first-order valence-corrected chi connectivity index (χ1v) is 15.6. The zero-order chi connectivity index (χ0) is 25.3. The van der Waals surface area contributed by atoms with E-state index in [1.54, 1.807) is 11.6 Å². The number of aryl methyl sites for hydroxylation is 1. The van der Waals surface area contributed by atoms with Gasteiger partial charge in [-0.05, 0) is 59.7 Å². The summed E-state index contributed by atoms with van der Waals surface area (Å²) in [6.45, 7) is 19.5. The number of hydrogen-bond donors (Lipinski definition) is 0. The van der Waals surface area contributed by atoms with Crippen LogP contribution in [0.1, 0.15) is 50.8 Å². The van der Waals surface area contributed by atoms with Crippen molar-refractivity contribution in [3.05, 3.63) is 29.6 Å². The van der Waals surface area contributed by atoms with Crippen molar-refractivity contribution >= 4 is 26.6 Å². The number of nitrogens with zero attached hydrogens (tertiary/aromatic N) is 3. The van der Waals surface area contributed by atoms with Crippen molar-refractivity contribution in [3.63, 3.8) is 0 Å². The first kappa shape index (κ1) is 26.6. The Balaban J connectivity index is 2.11. The quantitative estimate of drug-likeness (QED) is 0.300. The molecule has 34 heavy (non-hydrogen) atoms. The van der Waals surface area contributed by atoms with Crippen LogP contribution in [0.4, 0.5) is 0 Å². The summed E-state index contributed by atoms with van der Waals surface area (Å²) in [7, 11) is -2.07. The van der Waals surface area contributed by atoms with Crippen LogP contribution in [0.5, 0.6) is 0 Å². The average molecular weight is 487 g/mol. The number of rotatable bonds is 9. The number of hydrogen-bond acceptors (Lipinski definition) is 7. The Bertz CT molecular complexity index is 1020. The Hall–Kier alpha value is -2.01. The van der Waals surface area contributed by atoms with Gasteiger partial charge in [0.05, 0.1) is 23.5 Å². The van der Waals surface area contributed by atoms with Gasteiger partial charge in [-0.15, -0.1) is 0 Å². The number of pyridine rings is 1. The normalized spacial score (nSPS) is 17.3. The van der Waals surface area contributed by atoms with Gasteiger partial charge in [-0.2, -0.15) is 5.10 Å². The Morgan fingerprint density at radius 2 is 1.79 bits per heavy atom. The fourth-order valence-electron chi connectivity index (χ4n) is 3.56. The third-order valence-corrected chi connectivity index (χ3v) is 7.99. The van der Waals surface area contributed by atoms with E-state index in [0.717, 1.165) is 11.7 Å². The van der Waals surface area contributed by atoms with E-state index in [-0.39, 0.29) is 19.0 Å². The van der Waals surface area contributed by atoms with E-state index in [1.807, 2.05) is 52.8 Å². The summed E-state index contributed by atoms with van der Waals surface area (Å²) in [5, 5.41) is 4.78. The van der Waals surface area contributed by atoms with E-state index in [1.165, 1.54) is 0 Å². The van der Waals surface area contributed by atoms with E-state index in [2.05, 4.69) is 24.6 Å². The van der Waals surface area contributed by atoms with Crippen molar-refractivity contribution < 1.29 is 23.6 Å². The molecule has 0 radical (unpaired) electrons. The van der Waals surface area contributed by atoms with Gasteiger partial charge in [-0.1, -0.05) is 25.7 Å². The van der Waals surface area contributed by atoms with Crippen molar-refractivity contribution in [1.29, 1.82) is 0 Å². The van der Waals surface area contributed by atoms with Crippen LogP contribution in [-0.2, 0) is 25.5 Å². The molecule has 3 rings (SSSR count). The van der Waals surface area contributed by atoms with Crippen LogP contribution in [0.25, 0.3) is 11.4 Å². The highest BCUT2D eigenvalue weighted by molar-refractivity contribution is 6.76. The first-order chi connectivity index (χ1) is 15.8. The predicted molar refractivity (Wildman–Crippen MR) is 136 cm³/mol. The lowest BCUT2D eigenvalue weighted by atomic mass is 9.76. The Labute approximate surface area is 204 Å². The number of aromatic nitrogens is 3. The number of ether oxygens (including phenoxy) is 2. The molecule has 3 heterocycles. The number of esters is 1. The molecule has 1 aliphatic heterocycles. The van der Waals surface area contributed by atoms with E-state index < -0.39 is 32.4 Å². The zero-order valence-corrected chi connectivity index (χ0v) is 23.0. The van der Waals surface area contributed by atoms with Gasteiger partial charge in [0.25, 0.3) is 0 Å². The Morgan fingerprint density at radius 3 is 2.35 bits per heavy atom. The van der Waals surface area contributed by atoms with Crippen molar-refractivity contribution in [2.24, 2.45) is 0 Å². The average Bonchev–Trinajstić information content (AvgIpc) is 3.19. The molecule has 0 bridgehead atoms. The highest BCUT2D eigenvalue weighted by Crippen LogP contribution is 2.37. The summed E-state index contributed by atoms with van der Waals surface area (Å²) >= 11 is 0. The lowest BCUT2D eigenvalue weighted by Crippen LogP contribution is -2.41. The molecule has 8 nitrogen and oxygen atoms in total. The van der Waals surface area contributed by atoms with Crippen LogP contribution < -0.4 is 5.46 Å². The van der Waals surface area contributed by atoms with E-state index in [9.17, 15) is 4.79 Å². The second-order valence-corrected chi connectivity index (χ2v) is 16.6. The maximum atomic E-state index is 13.2. The maximum Gasteiger partial charge on any atom is 0.499 e. The largest absolute Gasteiger partial charge is 0.499 e. The van der Waals surface area contributed by atoms with Crippen molar-refractivity contribution in [3.8, 4) is 11.4 Å². The zero-order valence-electron chi connectivity index (χ0n) is 22.0. The summed E-state index contributed by atoms with van der Waals surface area (Å²) in [6.07, 6.45) is 0. The van der Waals surface area contributed by atoms with Crippen molar-refractivity contribution in [2.75, 3.05) is 13.2 Å². The summed E-state index contributed by atoms with van der Waals surface area (Å²) in [5.74, 6) is -0.493. The minimum absolute atomic E-state index is 0.122. The minimum Gasteiger partial charge on any atom is -0.461 e. The van der Waals surface area contributed by atoms with Crippen molar-refractivity contribution in [2.45, 2.75) is 85.2 Å². The van der Waals surface area contributed by atoms with Crippen LogP contribution in [-0.4, -0.2) is 60.3 Å². The molecule has 0 aliphatic carbocycles. The SMILES string of the molecule is CCOC(=O)c1c(B2OC(C)(C)C(C)(C)O2)c(-c2cccc(C)n2)nn1COCC[Si](C)(C)C. The monoisotopic (exact) mass is 487 g/mol. The number of carbonyl (C=O) groups excluding carboxylic acids is 1. The van der Waals surface area contributed by atoms with Crippen LogP contribution in [0.3, 0.4) is 0 Å². The molecule has 1 saturated heterocycles. The van der Waals surface area contributed by atoms with Crippen LogP contribution >= 0.6 is 0 Å². The fourth-order valence-corrected chi connectivity index (χ4v) is 4.32. The standard InChI is InChI=1S/C24H38BN3O5Si/c1-10-31-22(29)21-19(25-32-23(3,4)24(5,6)33-25)20(18-13-11-12-17(2)26-18)27-28(21)16-30-14-15-34(7,8)9/h11-13H,10,14-16H2,1-9H3. The van der Waals surface area contributed by atoms with E-state index in [4.69, 9.17) is 23.9 Å². The molecule has 0 N–H and O–H groups in total. The summed E-state index contributed by atoms with van der Waals surface area (Å²) in [5.41, 5.74) is 1.62. The Morgan fingerprint density at radius 1 is 1.15 bits per heavy atom. The smallest absolute Gasteiger partial charge is 0.461 e. The van der Waals surface area contributed by atoms with Gasteiger partial charge in [-0.25, -0.2) is 9.48 Å². The van der Waals surface area contributed by atoms with Gasteiger partial charge in [0, 0.05) is 25.8 Å². The van der Waals surface area contributed by atoms with Gasteiger partial charge in [0.15, 0.2) is 0 Å². The molecule has 0 unspecified atom stereocenters. The summed E-state index contributed by atoms with van der Waals surface area (Å²) in [6, 6.07) is 6.72. The molecule has 0 aromatic carbocycles. The Kier molecular flexibility index (Phi) is 7.76. The second-order valence-electron chi connectivity index (χ2n) is 10.9. The van der Waals surface area contributed by atoms with Gasteiger partial charge in [0.1, 0.15) is 18.1 Å². The molecule has 0 spiro atoms. The molecule has 2 aromatic heterocycles. The molecule has 0 saturated carbocycles. The lowest BCUT2D eigenvalue weighted by Gasteiger charge is -2.32. The van der Waals surface area contributed by atoms with E-state index >= 15 is 0 Å². The molecule has 0 atom stereocenters. The molecule has 10 heteroatoms. The summed E-state index contributed by atoms with van der Waals surface area (Å²) in [4.78, 5) is 17.9. The van der Waals surface area contributed by atoms with Crippen molar-refractivity contribution in [1.82, 2.24) is 14.8 Å². The first-order valence-electron chi connectivity index (χ1n) is 11.9. The summed E-state index contributed by atoms with van der Waals surface area (Å²) < 4.78 is 25.6. The molecule has 2 aromatic rings. The third-order valence-electron chi connectivity index (χ3n) is 6.29. The van der Waals surface area contributed by atoms with Gasteiger partial charge in [-0.3, -0.25) is 4.98 Å². The fraction of sp³-hybridized carbons (Fsp3) is 0.625. The molecule has 1 fully saturated rings. The topological polar surface area (TPSA) is 84.7 Å². The maximum absolute atomic E-state index is 13.2. The van der Waals surface area contributed by atoms with E-state index in [0.29, 0.717) is 23.5 Å². The van der Waals surface area contributed by atoms with Gasteiger partial charge < -0.3 is 18.8 Å². The van der Waals surface area contributed by atoms with Gasteiger partial charge >= 0.3 is 13.1 Å². The number of carbonyl (C=O) groups is 1. The molecule has 1 aliphatic rings.